The third kappa shape index (κ3) is 2.53. The first-order valence-corrected chi connectivity index (χ1v) is 5.77. The zero-order valence-corrected chi connectivity index (χ0v) is 10.6. The second-order valence-corrected chi connectivity index (χ2v) is 4.37. The van der Waals surface area contributed by atoms with Gasteiger partial charge in [0.25, 0.3) is 5.56 Å². The summed E-state index contributed by atoms with van der Waals surface area (Å²) in [4.78, 5) is 11.8. The van der Waals surface area contributed by atoms with Gasteiger partial charge in [0, 0.05) is 0 Å². The summed E-state index contributed by atoms with van der Waals surface area (Å²) < 4.78 is 1.20. The predicted molar refractivity (Wildman–Crippen MR) is 68.8 cm³/mol. The van der Waals surface area contributed by atoms with Gasteiger partial charge in [0.05, 0.1) is 29.4 Å². The minimum absolute atomic E-state index is 0.0527. The average Bonchev–Trinajstić information content (AvgIpc) is 2.40. The van der Waals surface area contributed by atoms with E-state index in [2.05, 4.69) is 5.10 Å². The third-order valence-electron chi connectivity index (χ3n) is 2.33. The van der Waals surface area contributed by atoms with Crippen molar-refractivity contribution in [2.24, 2.45) is 0 Å². The van der Waals surface area contributed by atoms with Crippen molar-refractivity contribution in [1.82, 2.24) is 9.78 Å². The molecule has 0 aliphatic carbocycles. The number of hydrogen-bond donors (Lipinski definition) is 0. The number of benzene rings is 1. The molecule has 0 aliphatic heterocycles. The van der Waals surface area contributed by atoms with E-state index in [9.17, 15) is 4.79 Å². The van der Waals surface area contributed by atoms with Crippen LogP contribution < -0.4 is 5.56 Å². The van der Waals surface area contributed by atoms with Gasteiger partial charge >= 0.3 is 0 Å². The summed E-state index contributed by atoms with van der Waals surface area (Å²) >= 11 is 11.4. The van der Waals surface area contributed by atoms with Crippen LogP contribution in [0.2, 0.25) is 10.0 Å². The van der Waals surface area contributed by atoms with Crippen molar-refractivity contribution in [2.45, 2.75) is 6.54 Å². The van der Waals surface area contributed by atoms with E-state index in [1.807, 2.05) is 6.07 Å². The van der Waals surface area contributed by atoms with Crippen LogP contribution in [0.4, 0.5) is 0 Å². The normalized spacial score (nSPS) is 10.1. The number of nitriles is 1. The fourth-order valence-electron chi connectivity index (χ4n) is 1.47. The maximum atomic E-state index is 11.8. The highest BCUT2D eigenvalue weighted by Gasteiger charge is 2.07. The van der Waals surface area contributed by atoms with E-state index in [1.165, 1.54) is 10.9 Å². The Bertz CT molecular complexity index is 688. The van der Waals surface area contributed by atoms with Crippen LogP contribution in [0.25, 0.3) is 0 Å². The van der Waals surface area contributed by atoms with Crippen molar-refractivity contribution in [3.05, 3.63) is 62.0 Å². The van der Waals surface area contributed by atoms with E-state index < -0.39 is 5.56 Å². The van der Waals surface area contributed by atoms with Crippen LogP contribution in [0.1, 0.15) is 11.1 Å². The van der Waals surface area contributed by atoms with Gasteiger partial charge in [-0.05, 0) is 17.7 Å². The highest BCUT2D eigenvalue weighted by Crippen LogP contribution is 2.15. The van der Waals surface area contributed by atoms with Gasteiger partial charge in [-0.2, -0.15) is 10.4 Å². The zero-order chi connectivity index (χ0) is 13.1. The minimum atomic E-state index is -0.452. The van der Waals surface area contributed by atoms with Gasteiger partial charge in [-0.15, -0.1) is 0 Å². The lowest BCUT2D eigenvalue weighted by Crippen LogP contribution is -2.23. The fourth-order valence-corrected chi connectivity index (χ4v) is 1.74. The van der Waals surface area contributed by atoms with Crippen molar-refractivity contribution in [2.75, 3.05) is 0 Å². The molecule has 2 aromatic rings. The van der Waals surface area contributed by atoms with Crippen LogP contribution in [0.15, 0.2) is 35.3 Å². The van der Waals surface area contributed by atoms with Gasteiger partial charge in [-0.25, -0.2) is 4.68 Å². The molecule has 0 saturated carbocycles. The van der Waals surface area contributed by atoms with Gasteiger partial charge in [0.1, 0.15) is 5.02 Å². The lowest BCUT2D eigenvalue weighted by molar-refractivity contribution is 0.639. The Morgan fingerprint density at radius 2 is 2.17 bits per heavy atom. The van der Waals surface area contributed by atoms with Gasteiger partial charge in [0.2, 0.25) is 0 Å². The zero-order valence-electron chi connectivity index (χ0n) is 9.10. The second kappa shape index (κ2) is 5.21. The molecule has 0 spiro atoms. The Hall–Kier alpha value is -1.83. The maximum Gasteiger partial charge on any atom is 0.287 e. The quantitative estimate of drug-likeness (QED) is 0.849. The lowest BCUT2D eigenvalue weighted by Gasteiger charge is -2.05. The summed E-state index contributed by atoms with van der Waals surface area (Å²) in [6.45, 7) is 0.241. The van der Waals surface area contributed by atoms with Crippen molar-refractivity contribution >= 4 is 23.2 Å². The standard InChI is InChI=1S/C12H7Cl2N3O/c13-10-6-16-17(12(18)11(10)14)7-9-3-1-2-8(4-9)5-15/h1-4,6H,7H2. The first kappa shape index (κ1) is 12.6. The Kier molecular flexibility index (Phi) is 3.66. The van der Waals surface area contributed by atoms with Gasteiger partial charge in [0.15, 0.2) is 0 Å². The van der Waals surface area contributed by atoms with Crippen molar-refractivity contribution in [3.8, 4) is 6.07 Å². The molecule has 0 aliphatic rings. The molecule has 0 amide bonds. The number of hydrogen-bond acceptors (Lipinski definition) is 3. The van der Waals surface area contributed by atoms with Gasteiger partial charge in [-0.3, -0.25) is 4.79 Å². The Morgan fingerprint density at radius 3 is 2.89 bits per heavy atom. The first-order chi connectivity index (χ1) is 8.61. The van der Waals surface area contributed by atoms with Gasteiger partial charge < -0.3 is 0 Å². The largest absolute Gasteiger partial charge is 0.287 e. The predicted octanol–water partition coefficient (Wildman–Crippen LogP) is 2.47. The number of nitrogens with zero attached hydrogens (tertiary/aromatic N) is 3. The molecular weight excluding hydrogens is 273 g/mol. The molecule has 0 bridgehead atoms. The molecule has 0 N–H and O–H groups in total. The molecule has 6 heteroatoms. The molecule has 4 nitrogen and oxygen atoms in total. The highest BCUT2D eigenvalue weighted by atomic mass is 35.5. The van der Waals surface area contributed by atoms with E-state index in [0.29, 0.717) is 5.56 Å². The molecule has 1 heterocycles. The summed E-state index contributed by atoms with van der Waals surface area (Å²) in [6.07, 6.45) is 1.32. The summed E-state index contributed by atoms with van der Waals surface area (Å²) in [5.74, 6) is 0. The number of aromatic nitrogens is 2. The van der Waals surface area contributed by atoms with Crippen LogP contribution in [0.5, 0.6) is 0 Å². The summed E-state index contributed by atoms with van der Waals surface area (Å²) in [6, 6.07) is 8.96. The summed E-state index contributed by atoms with van der Waals surface area (Å²) in [7, 11) is 0. The Morgan fingerprint density at radius 1 is 1.39 bits per heavy atom. The smallest absolute Gasteiger partial charge is 0.266 e. The topological polar surface area (TPSA) is 58.7 Å². The SMILES string of the molecule is N#Cc1cccc(Cn2ncc(Cl)c(Cl)c2=O)c1. The fraction of sp³-hybridized carbons (Fsp3) is 0.0833. The molecule has 0 fully saturated rings. The number of rotatable bonds is 2. The molecule has 2 rings (SSSR count). The van der Waals surface area contributed by atoms with Crippen LogP contribution in [-0.4, -0.2) is 9.78 Å². The van der Waals surface area contributed by atoms with Crippen molar-refractivity contribution in [3.63, 3.8) is 0 Å². The first-order valence-electron chi connectivity index (χ1n) is 5.02. The van der Waals surface area contributed by atoms with Crippen LogP contribution >= 0.6 is 23.2 Å². The molecule has 0 unspecified atom stereocenters. The molecule has 1 aromatic heterocycles. The van der Waals surface area contributed by atoms with E-state index >= 15 is 0 Å². The van der Waals surface area contributed by atoms with Crippen molar-refractivity contribution in [1.29, 1.82) is 5.26 Å². The minimum Gasteiger partial charge on any atom is -0.266 e. The van der Waals surface area contributed by atoms with E-state index in [4.69, 9.17) is 28.5 Å². The monoisotopic (exact) mass is 279 g/mol. The van der Waals surface area contributed by atoms with Crippen molar-refractivity contribution < 1.29 is 0 Å². The second-order valence-electron chi connectivity index (χ2n) is 3.58. The Balaban J connectivity index is 2.38. The van der Waals surface area contributed by atoms with E-state index in [1.54, 1.807) is 24.3 Å². The molecular formula is C12H7Cl2N3O. The lowest BCUT2D eigenvalue weighted by atomic mass is 10.1. The molecule has 0 atom stereocenters. The number of halogens is 2. The average molecular weight is 280 g/mol. The molecule has 0 saturated heterocycles. The molecule has 18 heavy (non-hydrogen) atoms. The van der Waals surface area contributed by atoms with Crippen LogP contribution in [0, 0.1) is 11.3 Å². The Labute approximate surface area is 113 Å². The van der Waals surface area contributed by atoms with E-state index in [-0.39, 0.29) is 16.6 Å². The molecule has 0 radical (unpaired) electrons. The summed E-state index contributed by atoms with van der Waals surface area (Å²) in [5.41, 5.74) is 0.870. The van der Waals surface area contributed by atoms with Gasteiger partial charge in [-0.1, -0.05) is 35.3 Å². The third-order valence-corrected chi connectivity index (χ3v) is 3.08. The molecule has 90 valence electrons. The van der Waals surface area contributed by atoms with Crippen LogP contribution in [-0.2, 0) is 6.54 Å². The molecule has 1 aromatic carbocycles. The van der Waals surface area contributed by atoms with Crippen LogP contribution in [0.3, 0.4) is 0 Å². The maximum absolute atomic E-state index is 11.8. The highest BCUT2D eigenvalue weighted by molar-refractivity contribution is 6.41. The summed E-state index contributed by atoms with van der Waals surface area (Å²) in [5, 5.41) is 12.8. The van der Waals surface area contributed by atoms with E-state index in [0.717, 1.165) is 5.56 Å².